The number of carbonyl (C=O) groups excluding carboxylic acids is 1. The number of nitrogens with one attached hydrogen (secondary N) is 3. The topological polar surface area (TPSA) is 127 Å². The molecule has 0 aliphatic heterocycles. The van der Waals surface area contributed by atoms with E-state index < -0.39 is 0 Å². The molecule has 4 aromatic rings. The summed E-state index contributed by atoms with van der Waals surface area (Å²) in [5.41, 5.74) is 1.63. The van der Waals surface area contributed by atoms with E-state index in [-0.39, 0.29) is 11.9 Å². The van der Waals surface area contributed by atoms with E-state index in [0.717, 1.165) is 5.56 Å². The number of aromatic nitrogens is 5. The van der Waals surface area contributed by atoms with Crippen molar-refractivity contribution in [1.29, 1.82) is 0 Å². The monoisotopic (exact) mass is 442 g/mol. The average Bonchev–Trinajstić information content (AvgIpc) is 2.84. The maximum atomic E-state index is 12.3. The number of carbonyl (C=O) groups is 1. The molecule has 0 unspecified atom stereocenters. The molecule has 0 saturated carbocycles. The largest absolute Gasteiger partial charge is 0.424 e. The van der Waals surface area contributed by atoms with Gasteiger partial charge in [0.1, 0.15) is 17.4 Å². The zero-order valence-electron chi connectivity index (χ0n) is 17.9. The van der Waals surface area contributed by atoms with Crippen LogP contribution in [0.4, 0.5) is 17.5 Å². The van der Waals surface area contributed by atoms with Gasteiger partial charge in [-0.1, -0.05) is 0 Å². The number of pyridine rings is 1. The van der Waals surface area contributed by atoms with Crippen LogP contribution in [0, 0.1) is 6.92 Å². The van der Waals surface area contributed by atoms with Gasteiger partial charge in [-0.25, -0.2) is 15.0 Å². The van der Waals surface area contributed by atoms with E-state index in [9.17, 15) is 4.79 Å². The van der Waals surface area contributed by atoms with E-state index in [1.165, 1.54) is 0 Å². The smallest absolute Gasteiger partial charge is 0.321 e. The summed E-state index contributed by atoms with van der Waals surface area (Å²) < 4.78 is 5.52. The van der Waals surface area contributed by atoms with Crippen LogP contribution in [0.2, 0.25) is 0 Å². The molecule has 0 saturated heterocycles. The number of anilines is 3. The van der Waals surface area contributed by atoms with Crippen LogP contribution in [0.3, 0.4) is 0 Å². The highest BCUT2D eigenvalue weighted by Crippen LogP contribution is 2.17. The van der Waals surface area contributed by atoms with Gasteiger partial charge in [-0.2, -0.15) is 0 Å². The van der Waals surface area contributed by atoms with E-state index in [1.54, 1.807) is 48.9 Å². The number of nitrogens with zero attached hydrogens (tertiary/aromatic N) is 5. The summed E-state index contributed by atoms with van der Waals surface area (Å²) in [6.07, 6.45) is 4.92. The van der Waals surface area contributed by atoms with Gasteiger partial charge in [0.2, 0.25) is 0 Å². The number of hydrogen-bond acceptors (Lipinski definition) is 9. The molecule has 0 fully saturated rings. The summed E-state index contributed by atoms with van der Waals surface area (Å²) in [5.74, 6) is 2.28. The SMILES string of the molecule is Cc1ccnc(Nc2ccc(NCCNC(=O)c3ccc(Oc4ncccn4)cc3)nn2)c1. The van der Waals surface area contributed by atoms with Gasteiger partial charge in [-0.15, -0.1) is 10.2 Å². The van der Waals surface area contributed by atoms with Crippen molar-refractivity contribution in [2.75, 3.05) is 23.7 Å². The quantitative estimate of drug-likeness (QED) is 0.334. The van der Waals surface area contributed by atoms with Crippen molar-refractivity contribution >= 4 is 23.4 Å². The molecule has 3 N–H and O–H groups in total. The highest BCUT2D eigenvalue weighted by Gasteiger charge is 2.06. The lowest BCUT2D eigenvalue weighted by atomic mass is 10.2. The molecule has 4 rings (SSSR count). The molecule has 0 aliphatic rings. The van der Waals surface area contributed by atoms with Crippen molar-refractivity contribution in [2.24, 2.45) is 0 Å². The minimum atomic E-state index is -0.185. The Morgan fingerprint density at radius 1 is 0.848 bits per heavy atom. The van der Waals surface area contributed by atoms with Gasteiger partial charge < -0.3 is 20.7 Å². The third-order valence-corrected chi connectivity index (χ3v) is 4.42. The second kappa shape index (κ2) is 10.6. The van der Waals surface area contributed by atoms with Crippen LogP contribution in [0.5, 0.6) is 11.8 Å². The van der Waals surface area contributed by atoms with Crippen LogP contribution in [-0.2, 0) is 0 Å². The first kappa shape index (κ1) is 21.6. The molecule has 3 heterocycles. The Hall–Kier alpha value is -4.60. The first-order valence-corrected chi connectivity index (χ1v) is 10.3. The second-order valence-corrected chi connectivity index (χ2v) is 6.99. The summed E-state index contributed by atoms with van der Waals surface area (Å²) in [6.45, 7) is 2.91. The Morgan fingerprint density at radius 3 is 2.33 bits per heavy atom. The summed E-state index contributed by atoms with van der Waals surface area (Å²) in [5, 5.41) is 17.3. The van der Waals surface area contributed by atoms with Crippen molar-refractivity contribution in [1.82, 2.24) is 30.5 Å². The average molecular weight is 442 g/mol. The van der Waals surface area contributed by atoms with Gasteiger partial charge in [-0.05, 0) is 67.1 Å². The lowest BCUT2D eigenvalue weighted by Crippen LogP contribution is -2.28. The molecule has 0 atom stereocenters. The molecular formula is C23H22N8O2. The third-order valence-electron chi connectivity index (χ3n) is 4.42. The van der Waals surface area contributed by atoms with Gasteiger partial charge in [0.25, 0.3) is 5.91 Å². The standard InChI is InChI=1S/C23H22N8O2/c1-16-9-12-24-21(15-16)29-20-8-7-19(30-31-20)25-13-14-26-22(32)17-3-5-18(6-4-17)33-23-27-10-2-11-28-23/h2-12,15H,13-14H2,1H3,(H,25,30)(H,26,32)(H,24,29,31). The van der Waals surface area contributed by atoms with E-state index in [0.29, 0.717) is 41.9 Å². The van der Waals surface area contributed by atoms with Crippen LogP contribution in [0.15, 0.2) is 73.2 Å². The number of rotatable bonds is 9. The fourth-order valence-electron chi connectivity index (χ4n) is 2.82. The molecule has 0 aliphatic carbocycles. The van der Waals surface area contributed by atoms with Crippen LogP contribution in [-0.4, -0.2) is 44.1 Å². The Morgan fingerprint density at radius 2 is 1.61 bits per heavy atom. The van der Waals surface area contributed by atoms with E-state index in [2.05, 4.69) is 41.1 Å². The predicted octanol–water partition coefficient (Wildman–Crippen LogP) is 3.35. The maximum absolute atomic E-state index is 12.3. The van der Waals surface area contributed by atoms with E-state index >= 15 is 0 Å². The van der Waals surface area contributed by atoms with Gasteiger partial charge in [0, 0.05) is 37.2 Å². The first-order valence-electron chi connectivity index (χ1n) is 10.3. The highest BCUT2D eigenvalue weighted by atomic mass is 16.5. The van der Waals surface area contributed by atoms with Crippen molar-refractivity contribution in [2.45, 2.75) is 6.92 Å². The zero-order valence-corrected chi connectivity index (χ0v) is 17.9. The second-order valence-electron chi connectivity index (χ2n) is 6.99. The molecule has 10 heteroatoms. The Labute approximate surface area is 190 Å². The van der Waals surface area contributed by atoms with E-state index in [4.69, 9.17) is 4.74 Å². The minimum Gasteiger partial charge on any atom is -0.424 e. The molecule has 1 amide bonds. The third kappa shape index (κ3) is 6.44. The minimum absolute atomic E-state index is 0.185. The van der Waals surface area contributed by atoms with Gasteiger partial charge >= 0.3 is 6.01 Å². The number of ether oxygens (including phenoxy) is 1. The lowest BCUT2D eigenvalue weighted by molar-refractivity contribution is 0.0955. The summed E-state index contributed by atoms with van der Waals surface area (Å²) in [7, 11) is 0. The van der Waals surface area contributed by atoms with Crippen molar-refractivity contribution in [3.05, 3.63) is 84.3 Å². The number of aryl methyl sites for hydroxylation is 1. The normalized spacial score (nSPS) is 10.3. The Balaban J connectivity index is 1.20. The summed E-state index contributed by atoms with van der Waals surface area (Å²) >= 11 is 0. The van der Waals surface area contributed by atoms with Gasteiger partial charge in [0.15, 0.2) is 5.82 Å². The molecule has 3 aromatic heterocycles. The highest BCUT2D eigenvalue weighted by molar-refractivity contribution is 5.94. The van der Waals surface area contributed by atoms with Gasteiger partial charge in [0.05, 0.1) is 0 Å². The molecular weight excluding hydrogens is 420 g/mol. The fraction of sp³-hybridized carbons (Fsp3) is 0.130. The first-order chi connectivity index (χ1) is 16.2. The molecule has 10 nitrogen and oxygen atoms in total. The van der Waals surface area contributed by atoms with E-state index in [1.807, 2.05) is 31.2 Å². The Bertz CT molecular complexity index is 1190. The predicted molar refractivity (Wildman–Crippen MR) is 124 cm³/mol. The van der Waals surface area contributed by atoms with Crippen molar-refractivity contribution < 1.29 is 9.53 Å². The molecule has 33 heavy (non-hydrogen) atoms. The van der Waals surface area contributed by atoms with Crippen molar-refractivity contribution in [3.8, 4) is 11.8 Å². The van der Waals surface area contributed by atoms with Crippen LogP contribution < -0.4 is 20.7 Å². The van der Waals surface area contributed by atoms with Gasteiger partial charge in [-0.3, -0.25) is 4.79 Å². The van der Waals surface area contributed by atoms with Crippen molar-refractivity contribution in [3.63, 3.8) is 0 Å². The number of amides is 1. The van der Waals surface area contributed by atoms with Crippen LogP contribution >= 0.6 is 0 Å². The van der Waals surface area contributed by atoms with Crippen LogP contribution in [0.25, 0.3) is 0 Å². The summed E-state index contributed by atoms with van der Waals surface area (Å²) in [6, 6.07) is 16.2. The molecule has 166 valence electrons. The zero-order chi connectivity index (χ0) is 22.9. The molecule has 0 radical (unpaired) electrons. The maximum Gasteiger partial charge on any atom is 0.321 e. The lowest BCUT2D eigenvalue weighted by Gasteiger charge is -2.09. The molecule has 0 spiro atoms. The number of benzene rings is 1. The van der Waals surface area contributed by atoms with Crippen LogP contribution in [0.1, 0.15) is 15.9 Å². The molecule has 1 aromatic carbocycles. The number of hydrogen-bond donors (Lipinski definition) is 3. The summed E-state index contributed by atoms with van der Waals surface area (Å²) in [4.78, 5) is 24.6. The molecule has 0 bridgehead atoms. The Kier molecular flexibility index (Phi) is 6.96. The fourth-order valence-corrected chi connectivity index (χ4v) is 2.82.